The SMILES string of the molecule is CCn1c(SCC(=O)Nc2ccc(Cl)c([N+](=O)[O-])c2)nnc1-c1cccnc1. The number of carbonyl (C=O) groups is 1. The molecule has 0 fully saturated rings. The maximum Gasteiger partial charge on any atom is 0.289 e. The number of carbonyl (C=O) groups excluding carboxylic acids is 1. The van der Waals surface area contributed by atoms with E-state index >= 15 is 0 Å². The average molecular weight is 419 g/mol. The van der Waals surface area contributed by atoms with Gasteiger partial charge in [0.05, 0.1) is 10.7 Å². The molecule has 28 heavy (non-hydrogen) atoms. The number of hydrogen-bond donors (Lipinski definition) is 1. The van der Waals surface area contributed by atoms with E-state index in [4.69, 9.17) is 11.6 Å². The van der Waals surface area contributed by atoms with Crippen molar-refractivity contribution >= 4 is 40.6 Å². The number of hydrogen-bond acceptors (Lipinski definition) is 7. The molecule has 1 amide bonds. The average Bonchev–Trinajstić information content (AvgIpc) is 3.11. The fourth-order valence-electron chi connectivity index (χ4n) is 2.45. The Bertz CT molecular complexity index is 1010. The molecule has 0 aliphatic heterocycles. The van der Waals surface area contributed by atoms with E-state index in [0.717, 1.165) is 5.56 Å². The maximum absolute atomic E-state index is 12.2. The smallest absolute Gasteiger partial charge is 0.289 e. The van der Waals surface area contributed by atoms with Crippen LogP contribution < -0.4 is 5.32 Å². The fourth-order valence-corrected chi connectivity index (χ4v) is 3.44. The van der Waals surface area contributed by atoms with E-state index in [1.807, 2.05) is 23.6 Å². The molecule has 0 aliphatic rings. The van der Waals surface area contributed by atoms with Gasteiger partial charge in [0.1, 0.15) is 5.02 Å². The second-order valence-electron chi connectivity index (χ2n) is 5.55. The lowest BCUT2D eigenvalue weighted by atomic mass is 10.3. The van der Waals surface area contributed by atoms with Gasteiger partial charge in [-0.25, -0.2) is 0 Å². The number of nitro benzene ring substituents is 1. The molecule has 0 unspecified atom stereocenters. The summed E-state index contributed by atoms with van der Waals surface area (Å²) < 4.78 is 1.89. The standard InChI is InChI=1S/C17H15ClN6O3S/c1-2-23-16(11-4-3-7-19-9-11)21-22-17(23)28-10-15(25)20-12-5-6-13(18)14(8-12)24(26)27/h3-9H,2,10H2,1H3,(H,20,25). The van der Waals surface area contributed by atoms with Gasteiger partial charge in [-0.15, -0.1) is 10.2 Å². The molecule has 2 heterocycles. The number of nitrogens with zero attached hydrogens (tertiary/aromatic N) is 5. The monoisotopic (exact) mass is 418 g/mol. The molecular formula is C17H15ClN6O3S. The number of halogens is 1. The molecule has 0 atom stereocenters. The van der Waals surface area contributed by atoms with Crippen LogP contribution in [0.3, 0.4) is 0 Å². The Morgan fingerprint density at radius 1 is 1.36 bits per heavy atom. The lowest BCUT2D eigenvalue weighted by Crippen LogP contribution is -2.14. The molecule has 0 saturated carbocycles. The summed E-state index contributed by atoms with van der Waals surface area (Å²) in [4.78, 5) is 26.7. The first-order chi connectivity index (χ1) is 13.5. The van der Waals surface area contributed by atoms with Crippen molar-refractivity contribution in [3.05, 3.63) is 57.9 Å². The molecule has 1 N–H and O–H groups in total. The third kappa shape index (κ3) is 4.46. The summed E-state index contributed by atoms with van der Waals surface area (Å²) in [6.07, 6.45) is 3.38. The van der Waals surface area contributed by atoms with Gasteiger partial charge in [0.25, 0.3) is 5.69 Å². The Labute approximate surface area is 169 Å². The molecule has 1 aromatic carbocycles. The summed E-state index contributed by atoms with van der Waals surface area (Å²) in [7, 11) is 0. The van der Waals surface area contributed by atoms with Gasteiger partial charge in [0.15, 0.2) is 11.0 Å². The van der Waals surface area contributed by atoms with Gasteiger partial charge in [-0.2, -0.15) is 0 Å². The van der Waals surface area contributed by atoms with E-state index in [1.165, 1.54) is 30.0 Å². The van der Waals surface area contributed by atoms with Crippen molar-refractivity contribution in [2.24, 2.45) is 0 Å². The normalized spacial score (nSPS) is 10.6. The predicted octanol–water partition coefficient (Wildman–Crippen LogP) is 3.65. The number of aromatic nitrogens is 4. The zero-order valence-corrected chi connectivity index (χ0v) is 16.3. The predicted molar refractivity (Wildman–Crippen MR) is 106 cm³/mol. The zero-order chi connectivity index (χ0) is 20.1. The molecule has 0 saturated heterocycles. The van der Waals surface area contributed by atoms with Crippen LogP contribution in [-0.2, 0) is 11.3 Å². The molecule has 9 nitrogen and oxygen atoms in total. The highest BCUT2D eigenvalue weighted by Gasteiger charge is 2.16. The highest BCUT2D eigenvalue weighted by atomic mass is 35.5. The van der Waals surface area contributed by atoms with Crippen LogP contribution >= 0.6 is 23.4 Å². The van der Waals surface area contributed by atoms with E-state index in [1.54, 1.807) is 12.4 Å². The van der Waals surface area contributed by atoms with Gasteiger partial charge < -0.3 is 9.88 Å². The Balaban J connectivity index is 1.68. The van der Waals surface area contributed by atoms with Crippen LogP contribution in [0.25, 0.3) is 11.4 Å². The fraction of sp³-hybridized carbons (Fsp3) is 0.176. The highest BCUT2D eigenvalue weighted by Crippen LogP contribution is 2.28. The largest absolute Gasteiger partial charge is 0.325 e. The number of nitro groups is 1. The van der Waals surface area contributed by atoms with Crippen molar-refractivity contribution in [2.75, 3.05) is 11.1 Å². The van der Waals surface area contributed by atoms with E-state index in [2.05, 4.69) is 20.5 Å². The van der Waals surface area contributed by atoms with E-state index in [9.17, 15) is 14.9 Å². The van der Waals surface area contributed by atoms with Crippen LogP contribution in [0.2, 0.25) is 5.02 Å². The van der Waals surface area contributed by atoms with Gasteiger partial charge in [-0.3, -0.25) is 19.9 Å². The number of rotatable bonds is 7. The molecule has 0 aliphatic carbocycles. The Morgan fingerprint density at radius 3 is 2.86 bits per heavy atom. The van der Waals surface area contributed by atoms with Crippen molar-refractivity contribution in [3.8, 4) is 11.4 Å². The second-order valence-corrected chi connectivity index (χ2v) is 6.90. The van der Waals surface area contributed by atoms with Crippen LogP contribution in [0.1, 0.15) is 6.92 Å². The molecule has 3 aromatic rings. The third-order valence-corrected chi connectivity index (χ3v) is 5.00. The number of thioether (sulfide) groups is 1. The third-order valence-electron chi connectivity index (χ3n) is 3.71. The lowest BCUT2D eigenvalue weighted by molar-refractivity contribution is -0.384. The Kier molecular flexibility index (Phi) is 6.22. The van der Waals surface area contributed by atoms with Crippen LogP contribution in [0.4, 0.5) is 11.4 Å². The van der Waals surface area contributed by atoms with Crippen LogP contribution in [0, 0.1) is 10.1 Å². The first-order valence-electron chi connectivity index (χ1n) is 8.19. The van der Waals surface area contributed by atoms with Gasteiger partial charge in [-0.1, -0.05) is 23.4 Å². The minimum atomic E-state index is -0.601. The number of pyridine rings is 1. The lowest BCUT2D eigenvalue weighted by Gasteiger charge is -2.08. The molecular weight excluding hydrogens is 404 g/mol. The van der Waals surface area contributed by atoms with Crippen molar-refractivity contribution in [2.45, 2.75) is 18.6 Å². The van der Waals surface area contributed by atoms with Gasteiger partial charge in [0, 0.05) is 36.3 Å². The number of anilines is 1. The van der Waals surface area contributed by atoms with Crippen LogP contribution in [0.5, 0.6) is 0 Å². The molecule has 0 radical (unpaired) electrons. The summed E-state index contributed by atoms with van der Waals surface area (Å²) in [5, 5.41) is 22.5. The van der Waals surface area contributed by atoms with Crippen LogP contribution in [-0.4, -0.2) is 36.3 Å². The van der Waals surface area contributed by atoms with Gasteiger partial charge in [0.2, 0.25) is 5.91 Å². The van der Waals surface area contributed by atoms with Gasteiger partial charge in [-0.05, 0) is 31.2 Å². The van der Waals surface area contributed by atoms with E-state index in [-0.39, 0.29) is 22.4 Å². The molecule has 0 spiro atoms. The maximum atomic E-state index is 12.2. The minimum Gasteiger partial charge on any atom is -0.325 e. The van der Waals surface area contributed by atoms with Crippen molar-refractivity contribution < 1.29 is 9.72 Å². The van der Waals surface area contributed by atoms with E-state index in [0.29, 0.717) is 23.2 Å². The van der Waals surface area contributed by atoms with Gasteiger partial charge >= 0.3 is 0 Å². The summed E-state index contributed by atoms with van der Waals surface area (Å²) in [5.41, 5.74) is 0.871. The highest BCUT2D eigenvalue weighted by molar-refractivity contribution is 7.99. The summed E-state index contributed by atoms with van der Waals surface area (Å²) in [5.74, 6) is 0.420. The summed E-state index contributed by atoms with van der Waals surface area (Å²) >= 11 is 7.00. The molecule has 3 rings (SSSR count). The number of benzene rings is 1. The van der Waals surface area contributed by atoms with Crippen LogP contribution in [0.15, 0.2) is 47.9 Å². The number of nitrogens with one attached hydrogen (secondary N) is 1. The Hall–Kier alpha value is -2.98. The number of amides is 1. The summed E-state index contributed by atoms with van der Waals surface area (Å²) in [6.45, 7) is 2.59. The molecule has 2 aromatic heterocycles. The Morgan fingerprint density at radius 2 is 2.18 bits per heavy atom. The topological polar surface area (TPSA) is 116 Å². The van der Waals surface area contributed by atoms with E-state index < -0.39 is 4.92 Å². The molecule has 11 heteroatoms. The van der Waals surface area contributed by atoms with Crippen molar-refractivity contribution in [1.82, 2.24) is 19.7 Å². The molecule has 0 bridgehead atoms. The first kappa shape index (κ1) is 19.8. The minimum absolute atomic E-state index is 0.0105. The first-order valence-corrected chi connectivity index (χ1v) is 9.56. The van der Waals surface area contributed by atoms with Crippen molar-refractivity contribution in [3.63, 3.8) is 0 Å². The zero-order valence-electron chi connectivity index (χ0n) is 14.7. The molecule has 144 valence electrons. The summed E-state index contributed by atoms with van der Waals surface area (Å²) in [6, 6.07) is 7.80. The van der Waals surface area contributed by atoms with Crippen molar-refractivity contribution in [1.29, 1.82) is 0 Å². The quantitative estimate of drug-likeness (QED) is 0.353. The second kappa shape index (κ2) is 8.81.